The van der Waals surface area contributed by atoms with Crippen LogP contribution in [0, 0.1) is 10.8 Å². The number of carbonyl (C=O) groups excluding carboxylic acids is 4. The largest absolute Gasteiger partial charge is 0.493 e. The molecule has 6 rings (SSSR count). The van der Waals surface area contributed by atoms with Crippen LogP contribution in [0.4, 0.5) is 11.4 Å². The van der Waals surface area contributed by atoms with Gasteiger partial charge in [0.1, 0.15) is 6.61 Å². The molecule has 2 aliphatic heterocycles. The van der Waals surface area contributed by atoms with Gasteiger partial charge < -0.3 is 49.7 Å². The second-order valence-electron chi connectivity index (χ2n) is 14.7. The van der Waals surface area contributed by atoms with Crippen LogP contribution in [0.15, 0.2) is 24.3 Å². The molecular weight excluding hydrogens is 672 g/mol. The molecule has 2 aromatic carbocycles. The number of likely N-dealkylation sites (tertiary alicyclic amines) is 2. The van der Waals surface area contributed by atoms with Crippen molar-refractivity contribution < 1.29 is 47.6 Å². The van der Waals surface area contributed by atoms with Crippen LogP contribution in [0.25, 0.3) is 0 Å². The van der Waals surface area contributed by atoms with E-state index < -0.39 is 12.2 Å². The third kappa shape index (κ3) is 8.10. The monoisotopic (exact) mass is 722 g/mol. The zero-order valence-electron chi connectivity index (χ0n) is 30.5. The van der Waals surface area contributed by atoms with Gasteiger partial charge in [-0.25, -0.2) is 0 Å². The fourth-order valence-corrected chi connectivity index (χ4v) is 7.47. The normalized spacial score (nSPS) is 20.5. The third-order valence-electron chi connectivity index (χ3n) is 10.7. The Bertz CT molecular complexity index is 1700. The van der Waals surface area contributed by atoms with E-state index in [1.54, 1.807) is 34.1 Å². The lowest BCUT2D eigenvalue weighted by atomic mass is 10.0. The van der Waals surface area contributed by atoms with Crippen LogP contribution in [0.2, 0.25) is 0 Å². The highest BCUT2D eigenvalue weighted by molar-refractivity contribution is 6.01. The van der Waals surface area contributed by atoms with Crippen molar-refractivity contribution in [3.8, 4) is 23.0 Å². The molecule has 2 heterocycles. The first-order chi connectivity index (χ1) is 24.9. The predicted molar refractivity (Wildman–Crippen MR) is 190 cm³/mol. The van der Waals surface area contributed by atoms with E-state index in [9.17, 15) is 19.2 Å². The van der Waals surface area contributed by atoms with Crippen LogP contribution in [-0.4, -0.2) is 93.0 Å². The lowest BCUT2D eigenvalue weighted by Gasteiger charge is -2.25. The minimum Gasteiger partial charge on any atom is -0.493 e. The number of nitrogens with zero attached hydrogens (tertiary/aromatic N) is 2. The Morgan fingerprint density at radius 1 is 0.692 bits per heavy atom. The maximum Gasteiger partial charge on any atom is 0.304 e. The van der Waals surface area contributed by atoms with Crippen molar-refractivity contribution in [1.29, 1.82) is 0 Å². The number of hydrogen-bond acceptors (Lipinski definition) is 12. The molecule has 4 aliphatic rings. The SMILES string of the molecule is COc1cc(C(=O)N2CC3(CC3)C[C@H]2COC(C)=O)c(N)cc1OCCCCCOc1cc(N)c(C(=O)N2CC3(CC3)C[C@H]2OC(C)=O)cc1OC. The number of hydrogen-bond donors (Lipinski definition) is 2. The van der Waals surface area contributed by atoms with E-state index >= 15 is 0 Å². The molecule has 0 radical (unpaired) electrons. The molecule has 0 bridgehead atoms. The molecule has 282 valence electrons. The molecule has 14 nitrogen and oxygen atoms in total. The lowest BCUT2D eigenvalue weighted by Crippen LogP contribution is -2.39. The summed E-state index contributed by atoms with van der Waals surface area (Å²) in [6.45, 7) is 4.80. The van der Waals surface area contributed by atoms with Crippen LogP contribution in [-0.2, 0) is 19.1 Å². The highest BCUT2D eigenvalue weighted by atomic mass is 16.6. The van der Waals surface area contributed by atoms with E-state index in [2.05, 4.69) is 0 Å². The van der Waals surface area contributed by atoms with Crippen molar-refractivity contribution in [1.82, 2.24) is 9.80 Å². The molecule has 52 heavy (non-hydrogen) atoms. The molecule has 4 fully saturated rings. The fourth-order valence-electron chi connectivity index (χ4n) is 7.47. The number of unbranched alkanes of at least 4 members (excludes halogenated alkanes) is 2. The average molecular weight is 723 g/mol. The Kier molecular flexibility index (Phi) is 10.6. The number of rotatable bonds is 15. The molecule has 2 saturated carbocycles. The molecule has 0 aromatic heterocycles. The van der Waals surface area contributed by atoms with Crippen molar-refractivity contribution >= 4 is 35.1 Å². The van der Waals surface area contributed by atoms with E-state index in [1.165, 1.54) is 28.1 Å². The third-order valence-corrected chi connectivity index (χ3v) is 10.7. The fraction of sp³-hybridized carbons (Fsp3) is 0.579. The number of nitrogen functional groups attached to an aromatic ring is 2. The summed E-state index contributed by atoms with van der Waals surface area (Å²) in [5, 5.41) is 0. The Balaban J connectivity index is 0.985. The number of benzene rings is 2. The number of anilines is 2. The van der Waals surface area contributed by atoms with Gasteiger partial charge in [0, 0.05) is 56.9 Å². The number of ether oxygens (including phenoxy) is 6. The molecule has 2 amide bonds. The summed E-state index contributed by atoms with van der Waals surface area (Å²) in [6, 6.07) is 6.22. The first-order valence-corrected chi connectivity index (χ1v) is 18.0. The lowest BCUT2D eigenvalue weighted by molar-refractivity contribution is -0.151. The van der Waals surface area contributed by atoms with Gasteiger partial charge in [0.15, 0.2) is 29.2 Å². The Morgan fingerprint density at radius 2 is 1.19 bits per heavy atom. The highest BCUT2D eigenvalue weighted by Crippen LogP contribution is 2.56. The topological polar surface area (TPSA) is 182 Å². The maximum atomic E-state index is 13.7. The summed E-state index contributed by atoms with van der Waals surface area (Å²) in [7, 11) is 3.02. The van der Waals surface area contributed by atoms with E-state index in [0.29, 0.717) is 74.1 Å². The molecule has 2 saturated heterocycles. The van der Waals surface area contributed by atoms with Crippen molar-refractivity contribution in [2.75, 3.05) is 58.6 Å². The molecule has 4 N–H and O–H groups in total. The van der Waals surface area contributed by atoms with Crippen LogP contribution < -0.4 is 30.4 Å². The number of nitrogens with two attached hydrogens (primary N) is 2. The van der Waals surface area contributed by atoms with Gasteiger partial charge in [-0.05, 0) is 74.3 Å². The van der Waals surface area contributed by atoms with Gasteiger partial charge in [-0.1, -0.05) is 0 Å². The van der Waals surface area contributed by atoms with Crippen molar-refractivity contribution in [2.24, 2.45) is 10.8 Å². The van der Waals surface area contributed by atoms with Crippen molar-refractivity contribution in [3.63, 3.8) is 0 Å². The van der Waals surface area contributed by atoms with Crippen molar-refractivity contribution in [3.05, 3.63) is 35.4 Å². The minimum atomic E-state index is -0.608. The highest BCUT2D eigenvalue weighted by Gasteiger charge is 2.55. The van der Waals surface area contributed by atoms with Gasteiger partial charge in [-0.15, -0.1) is 0 Å². The van der Waals surface area contributed by atoms with Crippen LogP contribution in [0.3, 0.4) is 0 Å². The molecule has 2 spiro atoms. The smallest absolute Gasteiger partial charge is 0.304 e. The van der Waals surface area contributed by atoms with Gasteiger partial charge in [0.2, 0.25) is 0 Å². The Labute approximate surface area is 303 Å². The van der Waals surface area contributed by atoms with E-state index in [1.807, 2.05) is 0 Å². The Hall–Kier alpha value is -4.88. The van der Waals surface area contributed by atoms with Gasteiger partial charge >= 0.3 is 11.9 Å². The number of methoxy groups -OCH3 is 2. The summed E-state index contributed by atoms with van der Waals surface area (Å²) in [5.41, 5.74) is 14.0. The van der Waals surface area contributed by atoms with Gasteiger partial charge in [-0.3, -0.25) is 19.2 Å². The van der Waals surface area contributed by atoms with Crippen LogP contribution in [0.5, 0.6) is 23.0 Å². The molecule has 2 atom stereocenters. The van der Waals surface area contributed by atoms with Gasteiger partial charge in [0.05, 0.1) is 44.6 Å². The molecule has 14 heteroatoms. The number of esters is 2. The second-order valence-corrected chi connectivity index (χ2v) is 14.7. The quantitative estimate of drug-likeness (QED) is 0.149. The van der Waals surface area contributed by atoms with E-state index in [4.69, 9.17) is 39.9 Å². The Morgan fingerprint density at radius 3 is 1.67 bits per heavy atom. The average Bonchev–Trinajstić information content (AvgIpc) is 3.97. The minimum absolute atomic E-state index is 0.0272. The summed E-state index contributed by atoms with van der Waals surface area (Å²) in [4.78, 5) is 53.7. The van der Waals surface area contributed by atoms with E-state index in [-0.39, 0.29) is 58.2 Å². The molecule has 0 unspecified atom stereocenters. The second kappa shape index (κ2) is 15.0. The number of carbonyl (C=O) groups is 4. The van der Waals surface area contributed by atoms with Crippen LogP contribution >= 0.6 is 0 Å². The van der Waals surface area contributed by atoms with Gasteiger partial charge in [0.25, 0.3) is 11.8 Å². The summed E-state index contributed by atoms with van der Waals surface area (Å²) < 4.78 is 33.9. The standard InChI is InChI=1S/C38H50N4O10/c1-23(43)51-20-25-18-37(8-9-37)21-41(25)35(45)26-14-30(47-3)32(16-28(26)39)49-12-6-5-7-13-50-33-17-29(40)27(15-31(33)48-4)36(46)42-22-38(10-11-38)19-34(42)52-24(2)44/h14-17,25,34H,5-13,18-22,39-40H2,1-4H3/t25-,34+/m0/s1. The van der Waals surface area contributed by atoms with Gasteiger partial charge in [-0.2, -0.15) is 0 Å². The molecule has 2 aromatic rings. The summed E-state index contributed by atoms with van der Waals surface area (Å²) in [5.74, 6) is 0.347. The zero-order valence-corrected chi connectivity index (χ0v) is 30.5. The maximum absolute atomic E-state index is 13.7. The predicted octanol–water partition coefficient (Wildman–Crippen LogP) is 4.57. The molecule has 2 aliphatic carbocycles. The summed E-state index contributed by atoms with van der Waals surface area (Å²) >= 11 is 0. The van der Waals surface area contributed by atoms with Crippen molar-refractivity contribution in [2.45, 2.75) is 83.9 Å². The first kappa shape index (κ1) is 36.9. The molecular formula is C38H50N4O10. The van der Waals surface area contributed by atoms with E-state index in [0.717, 1.165) is 38.5 Å². The zero-order chi connectivity index (χ0) is 37.2. The summed E-state index contributed by atoms with van der Waals surface area (Å²) in [6.07, 6.45) is 7.19. The first-order valence-electron chi connectivity index (χ1n) is 18.0. The number of amides is 2. The van der Waals surface area contributed by atoms with Crippen LogP contribution in [0.1, 0.15) is 92.4 Å².